The molecule has 0 rings (SSSR count). The molecule has 8 heteroatoms. The van der Waals surface area contributed by atoms with Crippen LogP contribution in [-0.4, -0.2) is 31.0 Å². The number of hydrogen-bond donors (Lipinski definition) is 0. The molecule has 3 nitrogen and oxygen atoms in total. The molecule has 0 N–H and O–H groups in total. The fourth-order valence-corrected chi connectivity index (χ4v) is 0.873. The molecule has 18 heavy (non-hydrogen) atoms. The van der Waals surface area contributed by atoms with Crippen LogP contribution in [0.4, 0.5) is 26.7 Å². The highest BCUT2D eigenvalue weighted by Crippen LogP contribution is 2.38. The predicted octanol–water partition coefficient (Wildman–Crippen LogP) is 3.92. The highest BCUT2D eigenvalue weighted by molar-refractivity contribution is 5.59. The van der Waals surface area contributed by atoms with Crippen LogP contribution in [0.1, 0.15) is 33.1 Å². The second kappa shape index (κ2) is 6.75. The minimum absolute atomic E-state index is 0.394. The summed E-state index contributed by atoms with van der Waals surface area (Å²) in [5.74, 6) is -4.77. The summed E-state index contributed by atoms with van der Waals surface area (Å²) < 4.78 is 69.1. The van der Waals surface area contributed by atoms with Gasteiger partial charge in [-0.2, -0.15) is 22.0 Å². The van der Waals surface area contributed by atoms with Gasteiger partial charge in [0, 0.05) is 6.42 Å². The van der Waals surface area contributed by atoms with Crippen molar-refractivity contribution in [1.82, 2.24) is 0 Å². The Labute approximate surface area is 101 Å². The van der Waals surface area contributed by atoms with Gasteiger partial charge >= 0.3 is 18.3 Å². The summed E-state index contributed by atoms with van der Waals surface area (Å²) in [4.78, 5) is 10.9. The van der Waals surface area contributed by atoms with Crippen molar-refractivity contribution in [1.29, 1.82) is 0 Å². The quantitative estimate of drug-likeness (QED) is 0.419. The third-order valence-electron chi connectivity index (χ3n) is 2.14. The fraction of sp³-hybridized carbons (Fsp3) is 0.900. The van der Waals surface area contributed by atoms with Crippen LogP contribution in [0, 0.1) is 0 Å². The molecular formula is C10H15F5O3. The standard InChI is InChI=1S/C10H15F5O3/c1-3-7(2)18-8(16)17-6-4-5-9(11,12)10(13,14)15/h7H,3-6H2,1-2H3. The van der Waals surface area contributed by atoms with Crippen LogP contribution in [-0.2, 0) is 9.47 Å². The molecule has 0 radical (unpaired) electrons. The average Bonchev–Trinajstić information content (AvgIpc) is 2.22. The van der Waals surface area contributed by atoms with Crippen molar-refractivity contribution < 1.29 is 36.2 Å². The first-order chi connectivity index (χ1) is 8.10. The second-order valence-electron chi connectivity index (χ2n) is 3.74. The minimum atomic E-state index is -5.58. The van der Waals surface area contributed by atoms with Gasteiger partial charge in [-0.25, -0.2) is 4.79 Å². The van der Waals surface area contributed by atoms with Gasteiger partial charge in [-0.15, -0.1) is 0 Å². The van der Waals surface area contributed by atoms with E-state index >= 15 is 0 Å². The Bertz CT molecular complexity index is 265. The molecule has 0 aliphatic carbocycles. The Morgan fingerprint density at radius 3 is 2.22 bits per heavy atom. The summed E-state index contributed by atoms with van der Waals surface area (Å²) in [6.07, 6.45) is -8.52. The lowest BCUT2D eigenvalue weighted by Gasteiger charge is -2.19. The van der Waals surface area contributed by atoms with Gasteiger partial charge in [-0.05, 0) is 19.8 Å². The first-order valence-corrected chi connectivity index (χ1v) is 5.38. The van der Waals surface area contributed by atoms with Crippen LogP contribution in [0.3, 0.4) is 0 Å². The van der Waals surface area contributed by atoms with E-state index in [9.17, 15) is 26.7 Å². The lowest BCUT2D eigenvalue weighted by Crippen LogP contribution is -2.36. The number of hydrogen-bond acceptors (Lipinski definition) is 3. The van der Waals surface area contributed by atoms with Crippen LogP contribution >= 0.6 is 0 Å². The molecule has 0 saturated carbocycles. The predicted molar refractivity (Wildman–Crippen MR) is 52.4 cm³/mol. The first kappa shape index (κ1) is 16.9. The van der Waals surface area contributed by atoms with Crippen LogP contribution in [0.2, 0.25) is 0 Å². The van der Waals surface area contributed by atoms with E-state index in [2.05, 4.69) is 9.47 Å². The Morgan fingerprint density at radius 1 is 1.22 bits per heavy atom. The van der Waals surface area contributed by atoms with E-state index in [0.717, 1.165) is 0 Å². The average molecular weight is 278 g/mol. The summed E-state index contributed by atoms with van der Waals surface area (Å²) in [6, 6.07) is 0. The highest BCUT2D eigenvalue weighted by atomic mass is 19.4. The zero-order chi connectivity index (χ0) is 14.4. The third kappa shape index (κ3) is 6.02. The summed E-state index contributed by atoms with van der Waals surface area (Å²) in [5.41, 5.74) is 0. The number of rotatable bonds is 6. The van der Waals surface area contributed by atoms with Gasteiger partial charge in [0.15, 0.2) is 0 Å². The van der Waals surface area contributed by atoms with Gasteiger partial charge < -0.3 is 9.47 Å². The van der Waals surface area contributed by atoms with Gasteiger partial charge in [0.1, 0.15) is 6.10 Å². The molecular weight excluding hydrogens is 263 g/mol. The zero-order valence-electron chi connectivity index (χ0n) is 10.0. The summed E-state index contributed by atoms with van der Waals surface area (Å²) in [5, 5.41) is 0. The summed E-state index contributed by atoms with van der Waals surface area (Å²) >= 11 is 0. The van der Waals surface area contributed by atoms with Gasteiger partial charge in [-0.3, -0.25) is 0 Å². The lowest BCUT2D eigenvalue weighted by atomic mass is 10.2. The van der Waals surface area contributed by atoms with E-state index in [0.29, 0.717) is 6.42 Å². The molecule has 0 bridgehead atoms. The molecule has 108 valence electrons. The monoisotopic (exact) mass is 278 g/mol. The lowest BCUT2D eigenvalue weighted by molar-refractivity contribution is -0.284. The second-order valence-corrected chi connectivity index (χ2v) is 3.74. The number of carbonyl (C=O) groups excluding carboxylic acids is 1. The molecule has 0 aliphatic rings. The van der Waals surface area contributed by atoms with Crippen LogP contribution in [0.5, 0.6) is 0 Å². The maximum Gasteiger partial charge on any atom is 0.508 e. The molecule has 0 aromatic carbocycles. The smallest absolute Gasteiger partial charge is 0.434 e. The normalized spacial score (nSPS) is 14.2. The SMILES string of the molecule is CCC(C)OC(=O)OCCCC(F)(F)C(F)(F)F. The van der Waals surface area contributed by atoms with E-state index < -0.39 is 43.8 Å². The molecule has 0 amide bonds. The Morgan fingerprint density at radius 2 is 1.78 bits per heavy atom. The van der Waals surface area contributed by atoms with Crippen LogP contribution < -0.4 is 0 Å². The number of ether oxygens (including phenoxy) is 2. The molecule has 0 aromatic rings. The molecule has 0 saturated heterocycles. The largest absolute Gasteiger partial charge is 0.508 e. The molecule has 1 unspecified atom stereocenters. The number of alkyl halides is 5. The number of carbonyl (C=O) groups is 1. The van der Waals surface area contributed by atoms with E-state index in [1.54, 1.807) is 13.8 Å². The Balaban J connectivity index is 3.84. The van der Waals surface area contributed by atoms with Crippen molar-refractivity contribution in [3.05, 3.63) is 0 Å². The van der Waals surface area contributed by atoms with Crippen molar-refractivity contribution in [2.45, 2.75) is 51.3 Å². The molecule has 0 aromatic heterocycles. The molecule has 0 heterocycles. The van der Waals surface area contributed by atoms with Crippen LogP contribution in [0.15, 0.2) is 0 Å². The maximum absolute atomic E-state index is 12.4. The van der Waals surface area contributed by atoms with Crippen molar-refractivity contribution in [2.75, 3.05) is 6.61 Å². The highest BCUT2D eigenvalue weighted by Gasteiger charge is 2.56. The number of halogens is 5. The van der Waals surface area contributed by atoms with Crippen molar-refractivity contribution >= 4 is 6.16 Å². The molecule has 0 spiro atoms. The first-order valence-electron chi connectivity index (χ1n) is 5.38. The van der Waals surface area contributed by atoms with Gasteiger partial charge in [0.05, 0.1) is 6.61 Å². The van der Waals surface area contributed by atoms with E-state index in [-0.39, 0.29) is 0 Å². The van der Waals surface area contributed by atoms with Crippen molar-refractivity contribution in [3.8, 4) is 0 Å². The summed E-state index contributed by atoms with van der Waals surface area (Å²) in [7, 11) is 0. The fourth-order valence-electron chi connectivity index (χ4n) is 0.873. The van der Waals surface area contributed by atoms with E-state index in [1.807, 2.05) is 0 Å². The van der Waals surface area contributed by atoms with Crippen molar-refractivity contribution in [3.63, 3.8) is 0 Å². The topological polar surface area (TPSA) is 35.5 Å². The van der Waals surface area contributed by atoms with E-state index in [1.165, 1.54) is 0 Å². The van der Waals surface area contributed by atoms with Crippen LogP contribution in [0.25, 0.3) is 0 Å². The van der Waals surface area contributed by atoms with Crippen molar-refractivity contribution in [2.24, 2.45) is 0 Å². The molecule has 1 atom stereocenters. The van der Waals surface area contributed by atoms with Gasteiger partial charge in [0.2, 0.25) is 0 Å². The minimum Gasteiger partial charge on any atom is -0.434 e. The molecule has 0 aliphatic heterocycles. The zero-order valence-corrected chi connectivity index (χ0v) is 10.0. The van der Waals surface area contributed by atoms with E-state index in [4.69, 9.17) is 0 Å². The Hall–Kier alpha value is -1.08. The summed E-state index contributed by atoms with van der Waals surface area (Å²) in [6.45, 7) is 2.81. The maximum atomic E-state index is 12.4. The third-order valence-corrected chi connectivity index (χ3v) is 2.14. The Kier molecular flexibility index (Phi) is 6.34. The van der Waals surface area contributed by atoms with Gasteiger partial charge in [0.25, 0.3) is 0 Å². The van der Waals surface area contributed by atoms with Gasteiger partial charge in [-0.1, -0.05) is 6.92 Å². The molecule has 0 fully saturated rings.